The van der Waals surface area contributed by atoms with Crippen LogP contribution in [0.25, 0.3) is 54.6 Å². The topological polar surface area (TPSA) is 19.6 Å². The molecule has 0 fully saturated rings. The van der Waals surface area contributed by atoms with Crippen LogP contribution in [0.5, 0.6) is 0 Å². The summed E-state index contributed by atoms with van der Waals surface area (Å²) in [7, 11) is 0. The largest absolute Gasteiger partial charge is 0.454 e. The van der Waals surface area contributed by atoms with Crippen molar-refractivity contribution < 1.29 is 13.2 Å². The van der Waals surface area contributed by atoms with Gasteiger partial charge in [0.1, 0.15) is 17.2 Å². The van der Waals surface area contributed by atoms with Gasteiger partial charge in [0.15, 0.2) is 5.58 Å². The van der Waals surface area contributed by atoms with Crippen molar-refractivity contribution in [2.75, 3.05) is 9.80 Å². The zero-order valence-corrected chi connectivity index (χ0v) is 38.5. The molecule has 3 nitrogen and oxygen atoms in total. The molecule has 0 atom stereocenters. The van der Waals surface area contributed by atoms with Crippen LogP contribution in [0.3, 0.4) is 0 Å². The van der Waals surface area contributed by atoms with E-state index in [1.165, 1.54) is 12.1 Å². The van der Waals surface area contributed by atoms with Gasteiger partial charge in [-0.1, -0.05) is 157 Å². The number of rotatable bonds is 8. The van der Waals surface area contributed by atoms with E-state index in [1.807, 2.05) is 24.3 Å². The van der Waals surface area contributed by atoms with Crippen LogP contribution in [0.1, 0.15) is 33.4 Å². The van der Waals surface area contributed by atoms with Crippen molar-refractivity contribution in [2.45, 2.75) is 19.3 Å². The van der Waals surface area contributed by atoms with Crippen LogP contribution in [0, 0.1) is 25.5 Å². The van der Waals surface area contributed by atoms with Gasteiger partial charge in [0, 0.05) is 39.2 Å². The Morgan fingerprint density at radius 2 is 0.900 bits per heavy atom. The third kappa shape index (κ3) is 6.31. The summed E-state index contributed by atoms with van der Waals surface area (Å²) in [4.78, 5) is 4.28. The van der Waals surface area contributed by atoms with Gasteiger partial charge in [0.25, 0.3) is 0 Å². The second-order valence-corrected chi connectivity index (χ2v) is 18.4. The van der Waals surface area contributed by atoms with E-state index < -0.39 is 5.41 Å². The van der Waals surface area contributed by atoms with Gasteiger partial charge in [0.2, 0.25) is 0 Å². The highest BCUT2D eigenvalue weighted by Gasteiger charge is 2.50. The Morgan fingerprint density at radius 3 is 1.51 bits per heavy atom. The molecule has 0 radical (unpaired) electrons. The summed E-state index contributed by atoms with van der Waals surface area (Å²) in [5, 5.41) is 6.33. The van der Waals surface area contributed by atoms with Crippen molar-refractivity contribution in [2.24, 2.45) is 0 Å². The summed E-state index contributed by atoms with van der Waals surface area (Å²) in [5.74, 6) is -0.634. The van der Waals surface area contributed by atoms with Gasteiger partial charge >= 0.3 is 0 Å². The molecule has 1 aromatic heterocycles. The predicted octanol–water partition coefficient (Wildman–Crippen LogP) is 18.1. The Kier molecular flexibility index (Phi) is 9.57. The highest BCUT2D eigenvalue weighted by atomic mass is 19.1. The van der Waals surface area contributed by atoms with E-state index in [1.54, 1.807) is 24.3 Å². The first kappa shape index (κ1) is 41.4. The van der Waals surface area contributed by atoms with Crippen molar-refractivity contribution in [3.05, 3.63) is 276 Å². The molecule has 0 saturated heterocycles. The van der Waals surface area contributed by atoms with E-state index >= 15 is 8.78 Å². The standard InChI is InChI=1S/C65H44F2N2O/c1-41-27-31-47(32-28-41)68(49-21-13-19-45(66)37-49)51-35-36-54-56(39-51)52-23-9-10-24-53(52)60-62-57(65(63(54)60,43-15-5-3-6-16-43)44-17-7-4-8-18-44)40-58(64-61(62)55-25-11-12-26-59(55)70-64)69(48-33-29-42(2)30-34-48)50-22-14-20-46(67)38-50/h3-40H,1-2H3. The second kappa shape index (κ2) is 16.2. The Labute approximate surface area is 404 Å². The molecule has 5 heteroatoms. The lowest BCUT2D eigenvalue weighted by molar-refractivity contribution is 0.627. The van der Waals surface area contributed by atoms with Crippen molar-refractivity contribution in [1.82, 2.24) is 0 Å². The van der Waals surface area contributed by atoms with Crippen LogP contribution in [-0.2, 0) is 5.41 Å². The smallest absolute Gasteiger partial charge is 0.160 e. The van der Waals surface area contributed by atoms with Gasteiger partial charge in [0.05, 0.1) is 11.1 Å². The molecule has 0 saturated carbocycles. The molecule has 13 rings (SSSR count). The van der Waals surface area contributed by atoms with Gasteiger partial charge in [-0.2, -0.15) is 0 Å². The number of benzene rings is 11. The summed E-state index contributed by atoms with van der Waals surface area (Å²) in [5.41, 5.74) is 14.4. The van der Waals surface area contributed by atoms with Gasteiger partial charge < -0.3 is 14.2 Å². The average molecular weight is 907 g/mol. The van der Waals surface area contributed by atoms with E-state index in [9.17, 15) is 0 Å². The van der Waals surface area contributed by atoms with E-state index in [0.29, 0.717) is 11.3 Å². The first-order chi connectivity index (χ1) is 34.4. The van der Waals surface area contributed by atoms with Crippen molar-refractivity contribution in [1.29, 1.82) is 0 Å². The van der Waals surface area contributed by atoms with Crippen LogP contribution >= 0.6 is 0 Å². The Balaban J connectivity index is 1.22. The van der Waals surface area contributed by atoms with E-state index in [-0.39, 0.29) is 11.6 Å². The van der Waals surface area contributed by atoms with E-state index in [2.05, 4.69) is 194 Å². The average Bonchev–Trinajstić information content (AvgIpc) is 3.93. The first-order valence-electron chi connectivity index (χ1n) is 23.7. The summed E-state index contributed by atoms with van der Waals surface area (Å²) < 4.78 is 38.0. The summed E-state index contributed by atoms with van der Waals surface area (Å²) >= 11 is 0. The molecule has 1 aliphatic rings. The minimum Gasteiger partial charge on any atom is -0.454 e. The molecule has 0 unspecified atom stereocenters. The molecule has 70 heavy (non-hydrogen) atoms. The molecule has 11 aromatic carbocycles. The molecule has 1 aliphatic carbocycles. The molecule has 0 aliphatic heterocycles. The minimum absolute atomic E-state index is 0.303. The van der Waals surface area contributed by atoms with Gasteiger partial charge in [-0.3, -0.25) is 0 Å². The zero-order valence-electron chi connectivity index (χ0n) is 38.5. The minimum atomic E-state index is -0.890. The number of aryl methyl sites for hydroxylation is 2. The van der Waals surface area contributed by atoms with Crippen LogP contribution in [0.2, 0.25) is 0 Å². The third-order valence-corrected chi connectivity index (χ3v) is 14.3. The normalized spacial score (nSPS) is 12.7. The zero-order chi connectivity index (χ0) is 47.1. The van der Waals surface area contributed by atoms with Gasteiger partial charge in [-0.15, -0.1) is 0 Å². The van der Waals surface area contributed by atoms with Crippen molar-refractivity contribution in [3.8, 4) is 11.1 Å². The van der Waals surface area contributed by atoms with Crippen molar-refractivity contribution in [3.63, 3.8) is 0 Å². The van der Waals surface area contributed by atoms with Crippen molar-refractivity contribution >= 4 is 77.6 Å². The number of furan rings is 1. The van der Waals surface area contributed by atoms with Gasteiger partial charge in [-0.05, 0) is 154 Å². The fourth-order valence-electron chi connectivity index (χ4n) is 11.3. The summed E-state index contributed by atoms with van der Waals surface area (Å²) in [6, 6.07) is 78.2. The monoisotopic (exact) mass is 906 g/mol. The van der Waals surface area contributed by atoms with E-state index in [0.717, 1.165) is 111 Å². The number of hydrogen-bond acceptors (Lipinski definition) is 3. The highest BCUT2D eigenvalue weighted by molar-refractivity contribution is 6.27. The van der Waals surface area contributed by atoms with Crippen LogP contribution in [-0.4, -0.2) is 0 Å². The van der Waals surface area contributed by atoms with Crippen LogP contribution < -0.4 is 9.80 Å². The number of para-hydroxylation sites is 1. The predicted molar refractivity (Wildman–Crippen MR) is 285 cm³/mol. The summed E-state index contributed by atoms with van der Waals surface area (Å²) in [6.07, 6.45) is 0. The van der Waals surface area contributed by atoms with E-state index in [4.69, 9.17) is 4.42 Å². The third-order valence-electron chi connectivity index (χ3n) is 14.3. The maximum Gasteiger partial charge on any atom is 0.160 e. The van der Waals surface area contributed by atoms with Gasteiger partial charge in [-0.25, -0.2) is 8.78 Å². The summed E-state index contributed by atoms with van der Waals surface area (Å²) in [6.45, 7) is 4.15. The Hall–Kier alpha value is -8.80. The number of anilines is 6. The quantitative estimate of drug-likeness (QED) is 0.142. The molecule has 334 valence electrons. The number of hydrogen-bond donors (Lipinski definition) is 0. The number of halogens is 2. The SMILES string of the molecule is Cc1ccc(N(c2cccc(F)c2)c2ccc3c4c(c5ccccc5c3c2)-c2c(cc(N(c3ccc(C)cc3)c3cccc(F)c3)c3oc5ccccc5c23)C4(c2ccccc2)c2ccccc2)cc1. The molecule has 0 bridgehead atoms. The Morgan fingerprint density at radius 1 is 0.386 bits per heavy atom. The lowest BCUT2D eigenvalue weighted by Gasteiger charge is -2.36. The lowest BCUT2D eigenvalue weighted by atomic mass is 9.66. The van der Waals surface area contributed by atoms with Crippen LogP contribution in [0.15, 0.2) is 235 Å². The Bertz CT molecular complexity index is 3950. The first-order valence-corrected chi connectivity index (χ1v) is 23.7. The number of nitrogens with zero attached hydrogens (tertiary/aromatic N) is 2. The fourth-order valence-corrected chi connectivity index (χ4v) is 11.3. The molecule has 0 spiro atoms. The number of fused-ring (bicyclic) bond motifs is 12. The fraction of sp³-hybridized carbons (Fsp3) is 0.0462. The highest BCUT2D eigenvalue weighted by Crippen LogP contribution is 2.64. The van der Waals surface area contributed by atoms with Crippen LogP contribution in [0.4, 0.5) is 42.9 Å². The molecular weight excluding hydrogens is 863 g/mol. The molecule has 0 N–H and O–H groups in total. The lowest BCUT2D eigenvalue weighted by Crippen LogP contribution is -2.29. The molecule has 0 amide bonds. The maximum atomic E-state index is 15.6. The molecule has 1 heterocycles. The second-order valence-electron chi connectivity index (χ2n) is 18.4. The molecular formula is C65H44F2N2O. The molecule has 12 aromatic rings. The maximum absolute atomic E-state index is 15.6.